The second-order valence-corrected chi connectivity index (χ2v) is 5.92. The first-order valence-corrected chi connectivity index (χ1v) is 7.87. The van der Waals surface area contributed by atoms with E-state index in [1.165, 1.54) is 5.56 Å². The van der Waals surface area contributed by atoms with E-state index in [2.05, 4.69) is 22.3 Å². The van der Waals surface area contributed by atoms with Gasteiger partial charge in [-0.3, -0.25) is 4.79 Å². The number of rotatable bonds is 3. The molecule has 1 aliphatic heterocycles. The minimum atomic E-state index is -0.0949. The van der Waals surface area contributed by atoms with Gasteiger partial charge >= 0.3 is 0 Å². The summed E-state index contributed by atoms with van der Waals surface area (Å²) in [5.74, 6) is -0.0949. The Morgan fingerprint density at radius 1 is 1.30 bits per heavy atom. The first-order valence-electron chi connectivity index (χ1n) is 7.50. The molecule has 2 aromatic rings. The maximum atomic E-state index is 12.3. The van der Waals surface area contributed by atoms with E-state index in [4.69, 9.17) is 16.9 Å². The summed E-state index contributed by atoms with van der Waals surface area (Å²) in [7, 11) is 0. The molecule has 0 spiro atoms. The molecule has 1 amide bonds. The van der Waals surface area contributed by atoms with Crippen LogP contribution in [-0.2, 0) is 11.2 Å². The van der Waals surface area contributed by atoms with Crippen LogP contribution in [0, 0.1) is 11.3 Å². The average Bonchev–Trinajstić information content (AvgIpc) is 2.55. The first kappa shape index (κ1) is 15.4. The van der Waals surface area contributed by atoms with E-state index >= 15 is 0 Å². The number of carbonyl (C=O) groups excluding carboxylic acids is 1. The maximum Gasteiger partial charge on any atom is 0.243 e. The van der Waals surface area contributed by atoms with Gasteiger partial charge in [0.1, 0.15) is 6.07 Å². The first-order chi connectivity index (χ1) is 11.2. The number of para-hydroxylation sites is 1. The van der Waals surface area contributed by atoms with Crippen molar-refractivity contribution in [2.24, 2.45) is 0 Å². The van der Waals surface area contributed by atoms with Crippen LogP contribution in [-0.4, -0.2) is 19.0 Å². The van der Waals surface area contributed by atoms with Crippen molar-refractivity contribution < 1.29 is 4.79 Å². The number of nitriles is 1. The molecule has 2 aromatic carbocycles. The fourth-order valence-corrected chi connectivity index (χ4v) is 3.06. The van der Waals surface area contributed by atoms with E-state index in [0.29, 0.717) is 22.8 Å². The summed E-state index contributed by atoms with van der Waals surface area (Å²) in [6, 6.07) is 15.1. The third kappa shape index (κ3) is 3.46. The predicted octanol–water partition coefficient (Wildman–Crippen LogP) is 3.60. The van der Waals surface area contributed by atoms with Crippen LogP contribution >= 0.6 is 11.6 Å². The minimum Gasteiger partial charge on any atom is -0.362 e. The largest absolute Gasteiger partial charge is 0.362 e. The number of aryl methyl sites for hydroxylation is 1. The van der Waals surface area contributed by atoms with E-state index in [0.717, 1.165) is 25.1 Å². The molecule has 4 nitrogen and oxygen atoms in total. The number of nitrogens with one attached hydrogen (secondary N) is 1. The second-order valence-electron chi connectivity index (χ2n) is 5.51. The molecule has 0 aromatic heterocycles. The number of amides is 1. The smallest absolute Gasteiger partial charge is 0.243 e. The highest BCUT2D eigenvalue weighted by Crippen LogP contribution is 2.26. The monoisotopic (exact) mass is 325 g/mol. The van der Waals surface area contributed by atoms with Crippen molar-refractivity contribution in [2.75, 3.05) is 23.3 Å². The molecule has 0 saturated heterocycles. The zero-order valence-corrected chi connectivity index (χ0v) is 13.3. The molecule has 0 saturated carbocycles. The van der Waals surface area contributed by atoms with E-state index in [9.17, 15) is 4.79 Å². The molecule has 0 unspecified atom stereocenters. The number of hydrogen-bond donors (Lipinski definition) is 1. The number of hydrogen-bond acceptors (Lipinski definition) is 3. The van der Waals surface area contributed by atoms with Crippen LogP contribution in [0.5, 0.6) is 0 Å². The number of halogens is 1. The highest BCUT2D eigenvalue weighted by Gasteiger charge is 2.18. The Hall–Kier alpha value is -2.51. The molecule has 0 radical (unpaired) electrons. The summed E-state index contributed by atoms with van der Waals surface area (Å²) in [6.45, 7) is 1.17. The quantitative estimate of drug-likeness (QED) is 0.938. The summed E-state index contributed by atoms with van der Waals surface area (Å²) in [4.78, 5) is 14.4. The van der Waals surface area contributed by atoms with Gasteiger partial charge in [0.15, 0.2) is 0 Å². The third-order valence-electron chi connectivity index (χ3n) is 3.91. The van der Waals surface area contributed by atoms with Crippen molar-refractivity contribution in [2.45, 2.75) is 12.8 Å². The number of anilines is 2. The van der Waals surface area contributed by atoms with E-state index in [1.807, 2.05) is 18.2 Å². The molecule has 0 atom stereocenters. The minimum absolute atomic E-state index is 0.0949. The molecule has 1 N–H and O–H groups in total. The molecular formula is C18H16ClN3O. The normalized spacial score (nSPS) is 13.1. The van der Waals surface area contributed by atoms with Crippen molar-refractivity contribution >= 4 is 28.9 Å². The average molecular weight is 326 g/mol. The predicted molar refractivity (Wildman–Crippen MR) is 91.8 cm³/mol. The van der Waals surface area contributed by atoms with Crippen molar-refractivity contribution in [1.29, 1.82) is 5.26 Å². The Morgan fingerprint density at radius 2 is 2.13 bits per heavy atom. The fraction of sp³-hybridized carbons (Fsp3) is 0.222. The zero-order valence-electron chi connectivity index (χ0n) is 12.6. The molecule has 1 aliphatic rings. The van der Waals surface area contributed by atoms with E-state index in [-0.39, 0.29) is 5.91 Å². The van der Waals surface area contributed by atoms with Crippen molar-refractivity contribution in [3.05, 3.63) is 58.6 Å². The summed E-state index contributed by atoms with van der Waals surface area (Å²) < 4.78 is 0. The van der Waals surface area contributed by atoms with Gasteiger partial charge in [0, 0.05) is 17.9 Å². The summed E-state index contributed by atoms with van der Waals surface area (Å²) in [5.41, 5.74) is 3.42. The standard InChI is InChI=1S/C18H16ClN3O/c19-16-10-15(8-7-14(16)11-20)21-18(23)12-22-9-3-5-13-4-1-2-6-17(13)22/h1-2,4,6-8,10H,3,5,9,12H2,(H,21,23). The highest BCUT2D eigenvalue weighted by atomic mass is 35.5. The van der Waals surface area contributed by atoms with Crippen LogP contribution in [0.2, 0.25) is 5.02 Å². The van der Waals surface area contributed by atoms with Gasteiger partial charge in [-0.25, -0.2) is 0 Å². The Labute approximate surface area is 140 Å². The molecule has 116 valence electrons. The summed E-state index contributed by atoms with van der Waals surface area (Å²) in [5, 5.41) is 12.1. The number of carbonyl (C=O) groups is 1. The topological polar surface area (TPSA) is 56.1 Å². The number of fused-ring (bicyclic) bond motifs is 1. The number of benzene rings is 2. The van der Waals surface area contributed by atoms with Crippen molar-refractivity contribution in [3.63, 3.8) is 0 Å². The van der Waals surface area contributed by atoms with Crippen LogP contribution < -0.4 is 10.2 Å². The van der Waals surface area contributed by atoms with Gasteiger partial charge in [-0.1, -0.05) is 29.8 Å². The van der Waals surface area contributed by atoms with Crippen LogP contribution in [0.25, 0.3) is 0 Å². The summed E-state index contributed by atoms with van der Waals surface area (Å²) >= 11 is 5.99. The van der Waals surface area contributed by atoms with Gasteiger partial charge in [-0.15, -0.1) is 0 Å². The van der Waals surface area contributed by atoms with Crippen LogP contribution in [0.1, 0.15) is 17.5 Å². The summed E-state index contributed by atoms with van der Waals surface area (Å²) in [6.07, 6.45) is 2.10. The van der Waals surface area contributed by atoms with Crippen molar-refractivity contribution in [3.8, 4) is 6.07 Å². The lowest BCUT2D eigenvalue weighted by Gasteiger charge is -2.30. The molecular weight excluding hydrogens is 310 g/mol. The molecule has 23 heavy (non-hydrogen) atoms. The second kappa shape index (κ2) is 6.72. The van der Waals surface area contributed by atoms with Crippen LogP contribution in [0.15, 0.2) is 42.5 Å². The van der Waals surface area contributed by atoms with Gasteiger partial charge in [0.25, 0.3) is 0 Å². The van der Waals surface area contributed by atoms with E-state index in [1.54, 1.807) is 18.2 Å². The molecule has 0 bridgehead atoms. The van der Waals surface area contributed by atoms with Gasteiger partial charge in [0.05, 0.1) is 17.1 Å². The van der Waals surface area contributed by atoms with Gasteiger partial charge < -0.3 is 10.2 Å². The third-order valence-corrected chi connectivity index (χ3v) is 4.23. The van der Waals surface area contributed by atoms with Gasteiger partial charge in [0.2, 0.25) is 5.91 Å². The zero-order chi connectivity index (χ0) is 16.2. The lowest BCUT2D eigenvalue weighted by Crippen LogP contribution is -2.36. The van der Waals surface area contributed by atoms with Crippen molar-refractivity contribution in [1.82, 2.24) is 0 Å². The molecule has 5 heteroatoms. The maximum absolute atomic E-state index is 12.3. The number of nitrogens with zero attached hydrogens (tertiary/aromatic N) is 2. The molecule has 3 rings (SSSR count). The fourth-order valence-electron chi connectivity index (χ4n) is 2.83. The molecule has 1 heterocycles. The Bertz CT molecular complexity index is 782. The van der Waals surface area contributed by atoms with Gasteiger partial charge in [-0.05, 0) is 42.7 Å². The van der Waals surface area contributed by atoms with Gasteiger partial charge in [-0.2, -0.15) is 5.26 Å². The SMILES string of the molecule is N#Cc1ccc(NC(=O)CN2CCCc3ccccc32)cc1Cl. The lowest BCUT2D eigenvalue weighted by molar-refractivity contribution is -0.115. The van der Waals surface area contributed by atoms with Crippen LogP contribution in [0.4, 0.5) is 11.4 Å². The van der Waals surface area contributed by atoms with E-state index < -0.39 is 0 Å². The molecule has 0 aliphatic carbocycles. The van der Waals surface area contributed by atoms with Crippen LogP contribution in [0.3, 0.4) is 0 Å². The Morgan fingerprint density at radius 3 is 2.91 bits per heavy atom. The Balaban J connectivity index is 1.69. The molecule has 0 fully saturated rings. The Kier molecular flexibility index (Phi) is 4.50. The lowest BCUT2D eigenvalue weighted by atomic mass is 10.0. The highest BCUT2D eigenvalue weighted by molar-refractivity contribution is 6.32.